The van der Waals surface area contributed by atoms with E-state index in [0.29, 0.717) is 19.6 Å². The van der Waals surface area contributed by atoms with Gasteiger partial charge in [-0.3, -0.25) is 4.79 Å². The first-order valence-corrected chi connectivity index (χ1v) is 6.66. The number of hydrogen-bond acceptors (Lipinski definition) is 3. The van der Waals surface area contributed by atoms with Crippen LogP contribution in [-0.2, 0) is 14.3 Å². The van der Waals surface area contributed by atoms with Gasteiger partial charge < -0.3 is 9.47 Å². The van der Waals surface area contributed by atoms with E-state index in [1.807, 2.05) is 13.8 Å². The lowest BCUT2D eigenvalue weighted by Crippen LogP contribution is -2.45. The number of carbonyl (C=O) groups excluding carboxylic acids is 1. The molecule has 0 rings (SSSR count). The monoisotopic (exact) mass is 258 g/mol. The number of hydrogen-bond donors (Lipinski definition) is 0. The van der Waals surface area contributed by atoms with Gasteiger partial charge in [-0.15, -0.1) is 0 Å². The van der Waals surface area contributed by atoms with Crippen molar-refractivity contribution in [2.75, 3.05) is 20.3 Å². The smallest absolute Gasteiger partial charge is 0.161 e. The first-order chi connectivity index (χ1) is 8.02. The summed E-state index contributed by atoms with van der Waals surface area (Å²) >= 11 is 0. The van der Waals surface area contributed by atoms with E-state index in [1.165, 1.54) is 0 Å². The fourth-order valence-corrected chi connectivity index (χ4v) is 1.54. The van der Waals surface area contributed by atoms with Gasteiger partial charge in [-0.1, -0.05) is 34.6 Å². The van der Waals surface area contributed by atoms with Crippen LogP contribution in [0.1, 0.15) is 54.9 Å². The maximum Gasteiger partial charge on any atom is 0.161 e. The van der Waals surface area contributed by atoms with Gasteiger partial charge in [0.2, 0.25) is 0 Å². The van der Waals surface area contributed by atoms with Crippen LogP contribution < -0.4 is 0 Å². The molecule has 1 unspecified atom stereocenters. The number of rotatable bonds is 8. The Morgan fingerprint density at radius 1 is 1.00 bits per heavy atom. The molecule has 0 aliphatic heterocycles. The van der Waals surface area contributed by atoms with E-state index in [0.717, 1.165) is 0 Å². The SMILES string of the molecule is CCC(C)(OCC(C)(C)C(C)(C)COC)C(C)=O. The zero-order valence-electron chi connectivity index (χ0n) is 13.3. The van der Waals surface area contributed by atoms with Crippen LogP contribution in [0.3, 0.4) is 0 Å². The van der Waals surface area contributed by atoms with Gasteiger partial charge in [0.05, 0.1) is 13.2 Å². The van der Waals surface area contributed by atoms with E-state index in [4.69, 9.17) is 9.47 Å². The molecule has 108 valence electrons. The summed E-state index contributed by atoms with van der Waals surface area (Å²) in [5.74, 6) is 0.0883. The van der Waals surface area contributed by atoms with Crippen LogP contribution in [0.15, 0.2) is 0 Å². The standard InChI is InChI=1S/C15H30O3/c1-9-15(7,12(2)16)18-11-14(5,6)13(3,4)10-17-8/h9-11H2,1-8H3. The first kappa shape index (κ1) is 17.6. The van der Waals surface area contributed by atoms with Crippen molar-refractivity contribution in [2.45, 2.75) is 60.5 Å². The number of Topliss-reactive ketones (excluding diaryl/α,β-unsaturated/α-hetero) is 1. The molecule has 0 radical (unpaired) electrons. The average molecular weight is 258 g/mol. The summed E-state index contributed by atoms with van der Waals surface area (Å²) in [7, 11) is 1.71. The highest BCUT2D eigenvalue weighted by Crippen LogP contribution is 2.39. The third-order valence-electron chi connectivity index (χ3n) is 4.51. The molecule has 0 spiro atoms. The molecule has 18 heavy (non-hydrogen) atoms. The van der Waals surface area contributed by atoms with E-state index < -0.39 is 5.60 Å². The van der Waals surface area contributed by atoms with Gasteiger partial charge in [-0.25, -0.2) is 0 Å². The summed E-state index contributed by atoms with van der Waals surface area (Å²) in [6.07, 6.45) is 0.698. The maximum atomic E-state index is 11.6. The third kappa shape index (κ3) is 4.06. The lowest BCUT2D eigenvalue weighted by atomic mass is 9.69. The number of carbonyl (C=O) groups is 1. The van der Waals surface area contributed by atoms with Crippen molar-refractivity contribution >= 4 is 5.78 Å². The minimum atomic E-state index is -0.666. The Balaban J connectivity index is 4.74. The summed E-state index contributed by atoms with van der Waals surface area (Å²) in [6, 6.07) is 0. The Morgan fingerprint density at radius 2 is 1.44 bits per heavy atom. The van der Waals surface area contributed by atoms with Crippen LogP contribution in [-0.4, -0.2) is 31.7 Å². The fraction of sp³-hybridized carbons (Fsp3) is 0.933. The lowest BCUT2D eigenvalue weighted by molar-refractivity contribution is -0.151. The van der Waals surface area contributed by atoms with Crippen molar-refractivity contribution in [1.82, 2.24) is 0 Å². The number of ketones is 1. The fourth-order valence-electron chi connectivity index (χ4n) is 1.54. The van der Waals surface area contributed by atoms with Crippen LogP contribution in [0.5, 0.6) is 0 Å². The molecule has 0 aromatic rings. The van der Waals surface area contributed by atoms with Gasteiger partial charge >= 0.3 is 0 Å². The summed E-state index contributed by atoms with van der Waals surface area (Å²) < 4.78 is 11.2. The molecule has 3 nitrogen and oxygen atoms in total. The van der Waals surface area contributed by atoms with E-state index in [1.54, 1.807) is 14.0 Å². The molecule has 0 bridgehead atoms. The predicted molar refractivity (Wildman–Crippen MR) is 74.8 cm³/mol. The van der Waals surface area contributed by atoms with Crippen molar-refractivity contribution in [3.05, 3.63) is 0 Å². The quantitative estimate of drug-likeness (QED) is 0.669. The summed E-state index contributed by atoms with van der Waals surface area (Å²) in [6.45, 7) is 15.3. The Morgan fingerprint density at radius 3 is 1.78 bits per heavy atom. The van der Waals surface area contributed by atoms with Crippen LogP contribution in [0.2, 0.25) is 0 Å². The highest BCUT2D eigenvalue weighted by atomic mass is 16.5. The minimum absolute atomic E-state index is 0.00676. The van der Waals surface area contributed by atoms with Gasteiger partial charge in [0.25, 0.3) is 0 Å². The van der Waals surface area contributed by atoms with Crippen molar-refractivity contribution in [2.24, 2.45) is 10.8 Å². The highest BCUT2D eigenvalue weighted by Gasteiger charge is 2.40. The van der Waals surface area contributed by atoms with Gasteiger partial charge in [0, 0.05) is 7.11 Å². The van der Waals surface area contributed by atoms with Gasteiger partial charge in [-0.05, 0) is 31.1 Å². The predicted octanol–water partition coefficient (Wildman–Crippen LogP) is 3.46. The van der Waals surface area contributed by atoms with E-state index in [9.17, 15) is 4.79 Å². The van der Waals surface area contributed by atoms with Crippen LogP contribution in [0, 0.1) is 10.8 Å². The molecule has 0 aliphatic carbocycles. The summed E-state index contributed by atoms with van der Waals surface area (Å²) in [4.78, 5) is 11.6. The summed E-state index contributed by atoms with van der Waals surface area (Å²) in [5, 5.41) is 0. The zero-order valence-corrected chi connectivity index (χ0v) is 13.3. The molecular weight excluding hydrogens is 228 g/mol. The molecule has 0 aromatic heterocycles. The highest BCUT2D eigenvalue weighted by molar-refractivity contribution is 5.84. The zero-order chi connectivity index (χ0) is 14.6. The van der Waals surface area contributed by atoms with Crippen molar-refractivity contribution in [1.29, 1.82) is 0 Å². The van der Waals surface area contributed by atoms with E-state index >= 15 is 0 Å². The molecule has 0 heterocycles. The average Bonchev–Trinajstić information content (AvgIpc) is 2.25. The maximum absolute atomic E-state index is 11.6. The third-order valence-corrected chi connectivity index (χ3v) is 4.51. The molecule has 0 aliphatic rings. The van der Waals surface area contributed by atoms with Crippen molar-refractivity contribution in [3.8, 4) is 0 Å². The second-order valence-electron chi connectivity index (χ2n) is 6.63. The van der Waals surface area contributed by atoms with Crippen LogP contribution in [0.4, 0.5) is 0 Å². The molecule has 3 heteroatoms. The first-order valence-electron chi connectivity index (χ1n) is 6.66. The van der Waals surface area contributed by atoms with Crippen LogP contribution >= 0.6 is 0 Å². The topological polar surface area (TPSA) is 35.5 Å². The van der Waals surface area contributed by atoms with Crippen molar-refractivity contribution in [3.63, 3.8) is 0 Å². The van der Waals surface area contributed by atoms with Gasteiger partial charge in [-0.2, -0.15) is 0 Å². The van der Waals surface area contributed by atoms with Gasteiger partial charge in [0.15, 0.2) is 5.78 Å². The molecule has 0 N–H and O–H groups in total. The Labute approximate surface area is 112 Å². The Kier molecular flexibility index (Phi) is 6.02. The Hall–Kier alpha value is -0.410. The molecular formula is C15H30O3. The van der Waals surface area contributed by atoms with Gasteiger partial charge in [0.1, 0.15) is 5.60 Å². The molecule has 0 aromatic carbocycles. The second-order valence-corrected chi connectivity index (χ2v) is 6.63. The molecule has 0 saturated carbocycles. The van der Waals surface area contributed by atoms with Crippen molar-refractivity contribution < 1.29 is 14.3 Å². The normalized spacial score (nSPS) is 16.4. The van der Waals surface area contributed by atoms with E-state index in [-0.39, 0.29) is 16.6 Å². The summed E-state index contributed by atoms with van der Waals surface area (Å²) in [5.41, 5.74) is -0.734. The number of methoxy groups -OCH3 is 1. The number of ether oxygens (including phenoxy) is 2. The second kappa shape index (κ2) is 6.16. The molecule has 0 amide bonds. The Bertz CT molecular complexity index is 281. The minimum Gasteiger partial charge on any atom is -0.384 e. The molecule has 1 atom stereocenters. The largest absolute Gasteiger partial charge is 0.384 e. The van der Waals surface area contributed by atoms with Crippen LogP contribution in [0.25, 0.3) is 0 Å². The van der Waals surface area contributed by atoms with E-state index in [2.05, 4.69) is 27.7 Å². The molecule has 0 saturated heterocycles. The molecule has 0 fully saturated rings. The lowest BCUT2D eigenvalue weighted by Gasteiger charge is -2.42.